The van der Waals surface area contributed by atoms with E-state index in [4.69, 9.17) is 11.6 Å². The first-order valence-corrected chi connectivity index (χ1v) is 6.44. The van der Waals surface area contributed by atoms with Gasteiger partial charge < -0.3 is 4.98 Å². The normalized spacial score (nSPS) is 10.7. The van der Waals surface area contributed by atoms with Crippen molar-refractivity contribution in [3.8, 4) is 11.4 Å². The maximum absolute atomic E-state index is 13.4. The lowest BCUT2D eigenvalue weighted by Gasteiger charge is -2.05. The first-order chi connectivity index (χ1) is 8.52. The smallest absolute Gasteiger partial charge is 0.265 e. The van der Waals surface area contributed by atoms with Crippen LogP contribution < -0.4 is 5.56 Å². The maximum atomic E-state index is 13.4. The third kappa shape index (κ3) is 2.47. The molecular formula is C12H9BrClFN2O. The number of rotatable bonds is 2. The predicted molar refractivity (Wildman–Crippen MR) is 72.3 cm³/mol. The molecule has 1 aromatic carbocycles. The SMILES string of the molecule is CCc1nc(-c2ccc(Cl)c(F)c2)[nH]c(=O)c1Br. The van der Waals surface area contributed by atoms with Gasteiger partial charge in [0.2, 0.25) is 0 Å². The number of nitrogens with one attached hydrogen (secondary N) is 1. The minimum absolute atomic E-state index is 0.0360. The lowest BCUT2D eigenvalue weighted by Crippen LogP contribution is -2.13. The lowest BCUT2D eigenvalue weighted by molar-refractivity contribution is 0.628. The fourth-order valence-corrected chi connectivity index (χ4v) is 2.11. The third-order valence-corrected chi connectivity index (χ3v) is 3.58. The highest BCUT2D eigenvalue weighted by atomic mass is 79.9. The number of nitrogens with zero attached hydrogens (tertiary/aromatic N) is 1. The Morgan fingerprint density at radius 1 is 1.50 bits per heavy atom. The number of benzene rings is 1. The second-order valence-corrected chi connectivity index (χ2v) is 4.86. The summed E-state index contributed by atoms with van der Waals surface area (Å²) in [6.07, 6.45) is 0.605. The van der Waals surface area contributed by atoms with Gasteiger partial charge in [-0.05, 0) is 40.5 Å². The van der Waals surface area contributed by atoms with E-state index in [1.807, 2.05) is 6.92 Å². The second-order valence-electron chi connectivity index (χ2n) is 3.66. The molecule has 1 heterocycles. The van der Waals surface area contributed by atoms with Gasteiger partial charge in [-0.1, -0.05) is 18.5 Å². The molecule has 0 unspecified atom stereocenters. The van der Waals surface area contributed by atoms with Crippen LogP contribution in [0.4, 0.5) is 4.39 Å². The molecule has 2 aromatic rings. The van der Waals surface area contributed by atoms with Gasteiger partial charge >= 0.3 is 0 Å². The molecular weight excluding hydrogens is 322 g/mol. The molecule has 2 rings (SSSR count). The van der Waals surface area contributed by atoms with Gasteiger partial charge in [-0.2, -0.15) is 0 Å². The number of hydrogen-bond donors (Lipinski definition) is 1. The average Bonchev–Trinajstić information content (AvgIpc) is 2.36. The van der Waals surface area contributed by atoms with Crippen molar-refractivity contribution in [2.45, 2.75) is 13.3 Å². The molecule has 0 bridgehead atoms. The van der Waals surface area contributed by atoms with E-state index in [0.717, 1.165) is 0 Å². The third-order valence-electron chi connectivity index (χ3n) is 2.46. The zero-order valence-electron chi connectivity index (χ0n) is 9.43. The number of H-pyrrole nitrogens is 1. The molecule has 0 spiro atoms. The summed E-state index contributed by atoms with van der Waals surface area (Å²) in [7, 11) is 0. The number of aromatic nitrogens is 2. The van der Waals surface area contributed by atoms with E-state index in [2.05, 4.69) is 25.9 Å². The first kappa shape index (κ1) is 13.2. The number of halogens is 3. The van der Waals surface area contributed by atoms with Crippen LogP contribution >= 0.6 is 27.5 Å². The highest BCUT2D eigenvalue weighted by Gasteiger charge is 2.10. The Kier molecular flexibility index (Phi) is 3.82. The molecule has 0 amide bonds. The van der Waals surface area contributed by atoms with Crippen molar-refractivity contribution in [1.29, 1.82) is 0 Å². The average molecular weight is 332 g/mol. The molecule has 0 aliphatic carbocycles. The van der Waals surface area contributed by atoms with E-state index in [1.54, 1.807) is 6.07 Å². The quantitative estimate of drug-likeness (QED) is 0.914. The minimum Gasteiger partial charge on any atom is -0.306 e. The number of hydrogen-bond acceptors (Lipinski definition) is 2. The number of aryl methyl sites for hydroxylation is 1. The molecule has 3 nitrogen and oxygen atoms in total. The molecule has 0 fully saturated rings. The summed E-state index contributed by atoms with van der Waals surface area (Å²) in [4.78, 5) is 18.6. The van der Waals surface area contributed by atoms with E-state index in [-0.39, 0.29) is 10.6 Å². The van der Waals surface area contributed by atoms with Crippen LogP contribution in [0.1, 0.15) is 12.6 Å². The van der Waals surface area contributed by atoms with Crippen molar-refractivity contribution >= 4 is 27.5 Å². The van der Waals surface area contributed by atoms with Crippen molar-refractivity contribution in [1.82, 2.24) is 9.97 Å². The van der Waals surface area contributed by atoms with Crippen molar-refractivity contribution < 1.29 is 4.39 Å². The summed E-state index contributed by atoms with van der Waals surface area (Å²) >= 11 is 8.78. The Bertz CT molecular complexity index is 657. The summed E-state index contributed by atoms with van der Waals surface area (Å²) in [5.74, 6) is -0.214. The zero-order valence-corrected chi connectivity index (χ0v) is 11.8. The lowest BCUT2D eigenvalue weighted by atomic mass is 10.2. The highest BCUT2D eigenvalue weighted by Crippen LogP contribution is 2.22. The summed E-state index contributed by atoms with van der Waals surface area (Å²) < 4.78 is 13.8. The molecule has 1 aromatic heterocycles. The molecule has 94 valence electrons. The van der Waals surface area contributed by atoms with Gasteiger partial charge in [0, 0.05) is 5.56 Å². The van der Waals surface area contributed by atoms with Crippen LogP contribution in [0.25, 0.3) is 11.4 Å². The molecule has 0 aliphatic heterocycles. The Morgan fingerprint density at radius 2 is 2.22 bits per heavy atom. The minimum atomic E-state index is -0.544. The summed E-state index contributed by atoms with van der Waals surface area (Å²) in [5.41, 5.74) is 0.826. The molecule has 0 saturated heterocycles. The van der Waals surface area contributed by atoms with Gasteiger partial charge in [-0.25, -0.2) is 9.37 Å². The molecule has 0 saturated carbocycles. The van der Waals surface area contributed by atoms with Crippen molar-refractivity contribution in [2.24, 2.45) is 0 Å². The fraction of sp³-hybridized carbons (Fsp3) is 0.167. The largest absolute Gasteiger partial charge is 0.306 e. The van der Waals surface area contributed by atoms with E-state index >= 15 is 0 Å². The Labute approximate surface area is 116 Å². The topological polar surface area (TPSA) is 45.8 Å². The molecule has 18 heavy (non-hydrogen) atoms. The van der Waals surface area contributed by atoms with Crippen LogP contribution in [0.3, 0.4) is 0 Å². The van der Waals surface area contributed by atoms with Crippen LogP contribution in [0.5, 0.6) is 0 Å². The second kappa shape index (κ2) is 5.20. The summed E-state index contributed by atoms with van der Waals surface area (Å²) in [5, 5.41) is 0.0360. The Morgan fingerprint density at radius 3 is 2.83 bits per heavy atom. The Balaban J connectivity index is 2.60. The van der Waals surface area contributed by atoms with E-state index in [1.165, 1.54) is 12.1 Å². The summed E-state index contributed by atoms with van der Waals surface area (Å²) in [6.45, 7) is 1.89. The van der Waals surface area contributed by atoms with Crippen LogP contribution in [-0.4, -0.2) is 9.97 Å². The van der Waals surface area contributed by atoms with Crippen LogP contribution in [-0.2, 0) is 6.42 Å². The summed E-state index contributed by atoms with van der Waals surface area (Å²) in [6, 6.07) is 4.28. The van der Waals surface area contributed by atoms with Crippen LogP contribution in [0.2, 0.25) is 5.02 Å². The van der Waals surface area contributed by atoms with Gasteiger partial charge in [0.1, 0.15) is 16.1 Å². The van der Waals surface area contributed by atoms with Crippen LogP contribution in [0.15, 0.2) is 27.5 Å². The highest BCUT2D eigenvalue weighted by molar-refractivity contribution is 9.10. The standard InChI is InChI=1S/C12H9BrClFN2O/c1-2-9-10(13)12(18)17-11(16-9)6-3-4-7(14)8(15)5-6/h3-5H,2H2,1H3,(H,16,17,18). The van der Waals surface area contributed by atoms with Gasteiger partial charge in [0.15, 0.2) is 0 Å². The van der Waals surface area contributed by atoms with Gasteiger partial charge in [0.25, 0.3) is 5.56 Å². The number of aromatic amines is 1. The van der Waals surface area contributed by atoms with Crippen molar-refractivity contribution in [2.75, 3.05) is 0 Å². The van der Waals surface area contributed by atoms with Gasteiger partial charge in [-0.3, -0.25) is 4.79 Å². The van der Waals surface area contributed by atoms with Crippen LogP contribution in [0, 0.1) is 5.82 Å². The molecule has 6 heteroatoms. The van der Waals surface area contributed by atoms with E-state index in [0.29, 0.717) is 28.0 Å². The Hall–Kier alpha value is -1.20. The maximum Gasteiger partial charge on any atom is 0.265 e. The van der Waals surface area contributed by atoms with E-state index < -0.39 is 5.82 Å². The van der Waals surface area contributed by atoms with Crippen molar-refractivity contribution in [3.63, 3.8) is 0 Å². The van der Waals surface area contributed by atoms with E-state index in [9.17, 15) is 9.18 Å². The molecule has 0 radical (unpaired) electrons. The van der Waals surface area contributed by atoms with Crippen molar-refractivity contribution in [3.05, 3.63) is 49.6 Å². The molecule has 0 aliphatic rings. The zero-order chi connectivity index (χ0) is 13.3. The van der Waals surface area contributed by atoms with Gasteiger partial charge in [-0.15, -0.1) is 0 Å². The molecule has 1 N–H and O–H groups in total. The predicted octanol–water partition coefficient (Wildman–Crippen LogP) is 3.55. The first-order valence-electron chi connectivity index (χ1n) is 5.27. The monoisotopic (exact) mass is 330 g/mol. The molecule has 0 atom stereocenters. The fourth-order valence-electron chi connectivity index (χ4n) is 1.52. The van der Waals surface area contributed by atoms with Gasteiger partial charge in [0.05, 0.1) is 10.7 Å².